The molecule has 1 atom stereocenters. The Labute approximate surface area is 169 Å². The quantitative estimate of drug-likeness (QED) is 0.756. The number of likely N-dealkylation sites (tertiary alicyclic amines) is 1. The van der Waals surface area contributed by atoms with E-state index in [1.54, 1.807) is 4.90 Å². The fourth-order valence-electron chi connectivity index (χ4n) is 3.66. The van der Waals surface area contributed by atoms with Crippen LogP contribution in [-0.4, -0.2) is 81.8 Å². The minimum absolute atomic E-state index is 0. The van der Waals surface area contributed by atoms with E-state index in [1.165, 1.54) is 26.4 Å². The summed E-state index contributed by atoms with van der Waals surface area (Å²) in [5.41, 5.74) is 0.325. The van der Waals surface area contributed by atoms with E-state index >= 15 is 0 Å². The van der Waals surface area contributed by atoms with Gasteiger partial charge in [-0.25, -0.2) is 0 Å². The standard InChI is InChI=1S/C18H25F2N3O4.ClH/c1-25-14-9-12(10-15(26-2)16(14)27-18(19)20)17(24)23-6-3-13(11-23)22-7-4-21-5-8-22;/h9-10,13,18,21H,3-8,11H2,1-2H3;1H. The molecular weight excluding hydrogens is 396 g/mol. The van der Waals surface area contributed by atoms with E-state index in [-0.39, 0.29) is 35.6 Å². The van der Waals surface area contributed by atoms with E-state index in [0.29, 0.717) is 24.7 Å². The number of methoxy groups -OCH3 is 2. The van der Waals surface area contributed by atoms with Crippen molar-refractivity contribution in [2.75, 3.05) is 53.5 Å². The predicted molar refractivity (Wildman–Crippen MR) is 102 cm³/mol. The number of rotatable bonds is 6. The van der Waals surface area contributed by atoms with E-state index in [4.69, 9.17) is 9.47 Å². The van der Waals surface area contributed by atoms with E-state index in [2.05, 4.69) is 15.0 Å². The summed E-state index contributed by atoms with van der Waals surface area (Å²) in [4.78, 5) is 17.1. The monoisotopic (exact) mass is 421 g/mol. The van der Waals surface area contributed by atoms with Crippen LogP contribution in [0.1, 0.15) is 16.8 Å². The van der Waals surface area contributed by atoms with Gasteiger partial charge in [0.25, 0.3) is 5.91 Å². The first-order valence-electron chi connectivity index (χ1n) is 8.98. The number of carbonyl (C=O) groups excluding carboxylic acids is 1. The van der Waals surface area contributed by atoms with Gasteiger partial charge in [0.15, 0.2) is 11.5 Å². The van der Waals surface area contributed by atoms with Gasteiger partial charge in [0.05, 0.1) is 14.2 Å². The molecule has 2 aliphatic rings. The minimum Gasteiger partial charge on any atom is -0.493 e. The number of nitrogens with zero attached hydrogens (tertiary/aromatic N) is 2. The Morgan fingerprint density at radius 3 is 2.29 bits per heavy atom. The van der Waals surface area contributed by atoms with Crippen molar-refractivity contribution in [2.24, 2.45) is 0 Å². The number of benzene rings is 1. The second kappa shape index (κ2) is 10.1. The van der Waals surface area contributed by atoms with Gasteiger partial charge in [-0.15, -0.1) is 12.4 Å². The summed E-state index contributed by atoms with van der Waals surface area (Å²) in [5, 5.41) is 3.33. The summed E-state index contributed by atoms with van der Waals surface area (Å²) in [6, 6.07) is 3.18. The lowest BCUT2D eigenvalue weighted by Crippen LogP contribution is -2.49. The van der Waals surface area contributed by atoms with Gasteiger partial charge in [0.2, 0.25) is 5.75 Å². The smallest absolute Gasteiger partial charge is 0.387 e. The Morgan fingerprint density at radius 2 is 1.75 bits per heavy atom. The highest BCUT2D eigenvalue weighted by Gasteiger charge is 2.32. The molecule has 1 aromatic rings. The average molecular weight is 422 g/mol. The molecule has 2 heterocycles. The number of ether oxygens (including phenoxy) is 3. The third kappa shape index (κ3) is 4.95. The number of alkyl halides is 2. The van der Waals surface area contributed by atoms with Crippen LogP contribution in [0.4, 0.5) is 8.78 Å². The lowest BCUT2D eigenvalue weighted by Gasteiger charge is -2.32. The maximum absolute atomic E-state index is 12.9. The van der Waals surface area contributed by atoms with Crippen LogP contribution in [0.5, 0.6) is 17.2 Å². The summed E-state index contributed by atoms with van der Waals surface area (Å²) < 4.78 is 40.1. The van der Waals surface area contributed by atoms with Crippen LogP contribution in [0, 0.1) is 0 Å². The van der Waals surface area contributed by atoms with Crippen molar-refractivity contribution in [3.05, 3.63) is 17.7 Å². The highest BCUT2D eigenvalue weighted by Crippen LogP contribution is 2.40. The Bertz CT molecular complexity index is 649. The molecule has 28 heavy (non-hydrogen) atoms. The maximum Gasteiger partial charge on any atom is 0.387 e. The van der Waals surface area contributed by atoms with Crippen molar-refractivity contribution in [1.29, 1.82) is 0 Å². The fraction of sp³-hybridized carbons (Fsp3) is 0.611. The van der Waals surface area contributed by atoms with Crippen molar-refractivity contribution < 1.29 is 27.8 Å². The molecule has 0 aromatic heterocycles. The summed E-state index contributed by atoms with van der Waals surface area (Å²) in [5.74, 6) is -0.314. The zero-order valence-electron chi connectivity index (χ0n) is 16.0. The molecule has 2 saturated heterocycles. The van der Waals surface area contributed by atoms with Crippen LogP contribution in [0.2, 0.25) is 0 Å². The topological polar surface area (TPSA) is 63.3 Å². The Balaban J connectivity index is 0.00000280. The van der Waals surface area contributed by atoms with E-state index in [0.717, 1.165) is 32.6 Å². The van der Waals surface area contributed by atoms with Crippen LogP contribution in [0.15, 0.2) is 12.1 Å². The van der Waals surface area contributed by atoms with Gasteiger partial charge in [0.1, 0.15) is 0 Å². The minimum atomic E-state index is -3.02. The highest BCUT2D eigenvalue weighted by molar-refractivity contribution is 5.96. The molecule has 7 nitrogen and oxygen atoms in total. The summed E-state index contributed by atoms with van der Waals surface area (Å²) >= 11 is 0. The molecule has 1 aromatic carbocycles. The number of amides is 1. The molecule has 1 amide bonds. The number of nitrogens with one attached hydrogen (secondary N) is 1. The van der Waals surface area contributed by atoms with Crippen LogP contribution in [-0.2, 0) is 0 Å². The molecule has 0 bridgehead atoms. The maximum atomic E-state index is 12.9. The number of hydrogen-bond donors (Lipinski definition) is 1. The molecule has 158 valence electrons. The van der Waals surface area contributed by atoms with Crippen molar-refractivity contribution in [3.8, 4) is 17.2 Å². The third-order valence-corrected chi connectivity index (χ3v) is 5.03. The molecule has 3 rings (SSSR count). The lowest BCUT2D eigenvalue weighted by molar-refractivity contribution is -0.0526. The Hall–Kier alpha value is -1.84. The third-order valence-electron chi connectivity index (χ3n) is 5.03. The molecule has 0 saturated carbocycles. The first kappa shape index (κ1) is 22.4. The molecule has 0 spiro atoms. The zero-order chi connectivity index (χ0) is 19.4. The summed E-state index contributed by atoms with van der Waals surface area (Å²) in [6.07, 6.45) is 0.923. The van der Waals surface area contributed by atoms with Gasteiger partial charge in [-0.1, -0.05) is 0 Å². The van der Waals surface area contributed by atoms with Gasteiger partial charge < -0.3 is 24.4 Å². The van der Waals surface area contributed by atoms with Crippen molar-refractivity contribution >= 4 is 18.3 Å². The molecule has 2 aliphatic heterocycles. The molecule has 0 aliphatic carbocycles. The average Bonchev–Trinajstić information content (AvgIpc) is 3.18. The highest BCUT2D eigenvalue weighted by atomic mass is 35.5. The van der Waals surface area contributed by atoms with Crippen molar-refractivity contribution in [3.63, 3.8) is 0 Å². The summed E-state index contributed by atoms with van der Waals surface area (Å²) in [6.45, 7) is 2.18. The second-order valence-electron chi connectivity index (χ2n) is 6.57. The zero-order valence-corrected chi connectivity index (χ0v) is 16.8. The van der Waals surface area contributed by atoms with Gasteiger partial charge in [-0.2, -0.15) is 8.78 Å². The number of hydrogen-bond acceptors (Lipinski definition) is 6. The van der Waals surface area contributed by atoms with Gasteiger partial charge in [0, 0.05) is 50.9 Å². The van der Waals surface area contributed by atoms with Gasteiger partial charge in [-0.3, -0.25) is 9.69 Å². The second-order valence-corrected chi connectivity index (χ2v) is 6.57. The van der Waals surface area contributed by atoms with Gasteiger partial charge >= 0.3 is 6.61 Å². The van der Waals surface area contributed by atoms with Crippen molar-refractivity contribution in [1.82, 2.24) is 15.1 Å². The predicted octanol–water partition coefficient (Wildman–Crippen LogP) is 1.85. The van der Waals surface area contributed by atoms with Crippen LogP contribution >= 0.6 is 12.4 Å². The van der Waals surface area contributed by atoms with Crippen LogP contribution in [0.25, 0.3) is 0 Å². The first-order chi connectivity index (χ1) is 13.0. The molecular formula is C18H26ClF2N3O4. The normalized spacial score (nSPS) is 20.0. The Morgan fingerprint density at radius 1 is 1.14 bits per heavy atom. The molecule has 2 fully saturated rings. The summed E-state index contributed by atoms with van der Waals surface area (Å²) in [7, 11) is 2.66. The molecule has 0 radical (unpaired) electrons. The number of halogens is 3. The molecule has 1 N–H and O–H groups in total. The SMILES string of the molecule is COc1cc(C(=O)N2CCC(N3CCNCC3)C2)cc(OC)c1OC(F)F.Cl. The van der Waals surface area contributed by atoms with Crippen molar-refractivity contribution in [2.45, 2.75) is 19.1 Å². The first-order valence-corrected chi connectivity index (χ1v) is 8.98. The van der Waals surface area contributed by atoms with E-state index in [9.17, 15) is 13.6 Å². The number of piperazine rings is 1. The number of carbonyl (C=O) groups is 1. The van der Waals surface area contributed by atoms with Gasteiger partial charge in [-0.05, 0) is 18.6 Å². The largest absolute Gasteiger partial charge is 0.493 e. The molecule has 1 unspecified atom stereocenters. The fourth-order valence-corrected chi connectivity index (χ4v) is 3.66. The van der Waals surface area contributed by atoms with Crippen LogP contribution in [0.3, 0.4) is 0 Å². The van der Waals surface area contributed by atoms with E-state index < -0.39 is 6.61 Å². The van der Waals surface area contributed by atoms with Crippen LogP contribution < -0.4 is 19.5 Å². The van der Waals surface area contributed by atoms with E-state index in [1.807, 2.05) is 0 Å². The lowest BCUT2D eigenvalue weighted by atomic mass is 10.1. The Kier molecular flexibility index (Phi) is 8.09. The molecule has 10 heteroatoms.